The van der Waals surface area contributed by atoms with Crippen molar-refractivity contribution in [3.63, 3.8) is 0 Å². The summed E-state index contributed by atoms with van der Waals surface area (Å²) >= 11 is 0. The third-order valence-electron chi connectivity index (χ3n) is 4.85. The van der Waals surface area contributed by atoms with Gasteiger partial charge in [-0.2, -0.15) is 0 Å². The van der Waals surface area contributed by atoms with Crippen molar-refractivity contribution in [1.82, 2.24) is 0 Å². The standard InChI is InChI=1S/C15H24/c1-11(2)15(4)10-9-13-12(3)7-5-6-8-14(13)15/h8,12-13H,1,5-7,9-10H2,2-4H3. The van der Waals surface area contributed by atoms with Crippen molar-refractivity contribution in [2.45, 2.75) is 52.9 Å². The van der Waals surface area contributed by atoms with E-state index >= 15 is 0 Å². The Kier molecular flexibility index (Phi) is 2.79. The van der Waals surface area contributed by atoms with Crippen LogP contribution in [0, 0.1) is 17.3 Å². The van der Waals surface area contributed by atoms with E-state index in [2.05, 4.69) is 33.4 Å². The number of fused-ring (bicyclic) bond motifs is 1. The second-order valence-electron chi connectivity index (χ2n) is 5.83. The van der Waals surface area contributed by atoms with E-state index in [1.54, 1.807) is 5.57 Å². The van der Waals surface area contributed by atoms with Crippen molar-refractivity contribution in [3.8, 4) is 0 Å². The van der Waals surface area contributed by atoms with E-state index < -0.39 is 0 Å². The average molecular weight is 204 g/mol. The second kappa shape index (κ2) is 3.81. The van der Waals surface area contributed by atoms with Gasteiger partial charge in [-0.15, -0.1) is 0 Å². The Balaban J connectivity index is 2.34. The first-order valence-corrected chi connectivity index (χ1v) is 6.42. The third kappa shape index (κ3) is 1.68. The van der Waals surface area contributed by atoms with Crippen LogP contribution in [0.1, 0.15) is 52.9 Å². The van der Waals surface area contributed by atoms with Crippen LogP contribution in [0.25, 0.3) is 0 Å². The first-order valence-electron chi connectivity index (χ1n) is 6.42. The fraction of sp³-hybridized carbons (Fsp3) is 0.733. The fourth-order valence-electron chi connectivity index (χ4n) is 3.48. The topological polar surface area (TPSA) is 0 Å². The fourth-order valence-corrected chi connectivity index (χ4v) is 3.48. The zero-order chi connectivity index (χ0) is 11.1. The van der Waals surface area contributed by atoms with Crippen molar-refractivity contribution in [2.24, 2.45) is 17.3 Å². The Morgan fingerprint density at radius 3 is 2.87 bits per heavy atom. The molecule has 0 heterocycles. The molecule has 15 heavy (non-hydrogen) atoms. The predicted octanol–water partition coefficient (Wildman–Crippen LogP) is 4.73. The van der Waals surface area contributed by atoms with E-state index in [1.807, 2.05) is 0 Å². The second-order valence-corrected chi connectivity index (χ2v) is 5.83. The molecule has 0 bridgehead atoms. The molecule has 0 aromatic carbocycles. The minimum Gasteiger partial charge on any atom is -0.0993 e. The summed E-state index contributed by atoms with van der Waals surface area (Å²) in [7, 11) is 0. The molecule has 2 aliphatic carbocycles. The Morgan fingerprint density at radius 2 is 2.20 bits per heavy atom. The van der Waals surface area contributed by atoms with Crippen LogP contribution in [0.5, 0.6) is 0 Å². The van der Waals surface area contributed by atoms with Crippen LogP contribution in [0.15, 0.2) is 23.8 Å². The molecule has 0 aromatic rings. The Labute approximate surface area is 94.5 Å². The number of allylic oxidation sites excluding steroid dienone is 3. The van der Waals surface area contributed by atoms with Gasteiger partial charge in [-0.25, -0.2) is 0 Å². The van der Waals surface area contributed by atoms with Gasteiger partial charge >= 0.3 is 0 Å². The van der Waals surface area contributed by atoms with E-state index in [9.17, 15) is 0 Å². The van der Waals surface area contributed by atoms with E-state index in [1.165, 1.54) is 37.7 Å². The van der Waals surface area contributed by atoms with Crippen LogP contribution in [0.2, 0.25) is 0 Å². The highest BCUT2D eigenvalue weighted by molar-refractivity contribution is 5.32. The number of hydrogen-bond acceptors (Lipinski definition) is 0. The van der Waals surface area contributed by atoms with Crippen molar-refractivity contribution in [2.75, 3.05) is 0 Å². The molecule has 84 valence electrons. The van der Waals surface area contributed by atoms with Crippen LogP contribution in [-0.2, 0) is 0 Å². The molecular weight excluding hydrogens is 180 g/mol. The smallest absolute Gasteiger partial charge is 0.00898 e. The molecule has 1 saturated carbocycles. The van der Waals surface area contributed by atoms with Crippen molar-refractivity contribution >= 4 is 0 Å². The van der Waals surface area contributed by atoms with Gasteiger partial charge < -0.3 is 0 Å². The molecule has 3 atom stereocenters. The summed E-state index contributed by atoms with van der Waals surface area (Å²) in [6.45, 7) is 11.3. The summed E-state index contributed by atoms with van der Waals surface area (Å²) in [5, 5.41) is 0. The first-order chi connectivity index (χ1) is 7.05. The molecule has 2 rings (SSSR count). The molecule has 3 unspecified atom stereocenters. The third-order valence-corrected chi connectivity index (χ3v) is 4.85. The minimum absolute atomic E-state index is 0.323. The van der Waals surface area contributed by atoms with Crippen LogP contribution in [0.3, 0.4) is 0 Å². The van der Waals surface area contributed by atoms with Gasteiger partial charge in [0, 0.05) is 5.41 Å². The Morgan fingerprint density at radius 1 is 1.47 bits per heavy atom. The van der Waals surface area contributed by atoms with E-state index in [4.69, 9.17) is 0 Å². The summed E-state index contributed by atoms with van der Waals surface area (Å²) in [6.07, 6.45) is 9.33. The average Bonchev–Trinajstić information content (AvgIpc) is 2.40. The molecule has 1 fully saturated rings. The van der Waals surface area contributed by atoms with Crippen LogP contribution in [0.4, 0.5) is 0 Å². The zero-order valence-corrected chi connectivity index (χ0v) is 10.5. The largest absolute Gasteiger partial charge is 0.0993 e. The lowest BCUT2D eigenvalue weighted by Gasteiger charge is -2.29. The van der Waals surface area contributed by atoms with Crippen LogP contribution < -0.4 is 0 Å². The molecule has 2 aliphatic rings. The molecule has 0 aromatic heterocycles. The molecule has 0 nitrogen and oxygen atoms in total. The lowest BCUT2D eigenvalue weighted by Crippen LogP contribution is -2.18. The van der Waals surface area contributed by atoms with Gasteiger partial charge in [-0.3, -0.25) is 0 Å². The van der Waals surface area contributed by atoms with Crippen LogP contribution in [-0.4, -0.2) is 0 Å². The summed E-state index contributed by atoms with van der Waals surface area (Å²) in [6, 6.07) is 0. The highest BCUT2D eigenvalue weighted by atomic mass is 14.5. The van der Waals surface area contributed by atoms with Gasteiger partial charge in [0.05, 0.1) is 0 Å². The molecule has 0 saturated heterocycles. The highest BCUT2D eigenvalue weighted by Gasteiger charge is 2.42. The SMILES string of the molecule is C=C(C)C1(C)CCC2C1=CCCCC2C. The Hall–Kier alpha value is -0.520. The highest BCUT2D eigenvalue weighted by Crippen LogP contribution is 2.54. The number of hydrogen-bond donors (Lipinski definition) is 0. The summed E-state index contributed by atoms with van der Waals surface area (Å²) in [5.41, 5.74) is 3.41. The predicted molar refractivity (Wildman–Crippen MR) is 66.7 cm³/mol. The van der Waals surface area contributed by atoms with Gasteiger partial charge in [0.2, 0.25) is 0 Å². The molecule has 0 amide bonds. The minimum atomic E-state index is 0.323. The molecule has 0 N–H and O–H groups in total. The van der Waals surface area contributed by atoms with Crippen molar-refractivity contribution in [3.05, 3.63) is 23.8 Å². The van der Waals surface area contributed by atoms with E-state index in [0.29, 0.717) is 5.41 Å². The zero-order valence-electron chi connectivity index (χ0n) is 10.5. The molecule has 0 aliphatic heterocycles. The van der Waals surface area contributed by atoms with E-state index in [0.717, 1.165) is 11.8 Å². The maximum atomic E-state index is 4.21. The Bertz CT molecular complexity index is 297. The van der Waals surface area contributed by atoms with E-state index in [-0.39, 0.29) is 0 Å². The monoisotopic (exact) mass is 204 g/mol. The van der Waals surface area contributed by atoms with Gasteiger partial charge in [-0.1, -0.05) is 37.6 Å². The first kappa shape index (κ1) is 11.0. The maximum Gasteiger partial charge on any atom is 0.00898 e. The summed E-state index contributed by atoms with van der Waals surface area (Å²) in [4.78, 5) is 0. The van der Waals surface area contributed by atoms with Gasteiger partial charge in [-0.05, 0) is 50.9 Å². The van der Waals surface area contributed by atoms with Crippen molar-refractivity contribution in [1.29, 1.82) is 0 Å². The lowest BCUT2D eigenvalue weighted by atomic mass is 9.75. The van der Waals surface area contributed by atoms with Crippen LogP contribution >= 0.6 is 0 Å². The quantitative estimate of drug-likeness (QED) is 0.542. The maximum absolute atomic E-state index is 4.21. The van der Waals surface area contributed by atoms with Gasteiger partial charge in [0.25, 0.3) is 0 Å². The summed E-state index contributed by atoms with van der Waals surface area (Å²) in [5.74, 6) is 1.74. The molecule has 0 heteroatoms. The molecule has 0 radical (unpaired) electrons. The summed E-state index contributed by atoms with van der Waals surface area (Å²) < 4.78 is 0. The van der Waals surface area contributed by atoms with Gasteiger partial charge in [0.15, 0.2) is 0 Å². The van der Waals surface area contributed by atoms with Gasteiger partial charge in [0.1, 0.15) is 0 Å². The van der Waals surface area contributed by atoms with Crippen molar-refractivity contribution < 1.29 is 0 Å². The molecular formula is C15H24. The lowest BCUT2D eigenvalue weighted by molar-refractivity contribution is 0.392. The normalized spacial score (nSPS) is 40.6. The molecule has 0 spiro atoms. The number of rotatable bonds is 1.